The normalized spacial score (nSPS) is 14.4. The van der Waals surface area contributed by atoms with Crippen LogP contribution in [-0.2, 0) is 6.42 Å². The molecule has 0 radical (unpaired) electrons. The molecule has 0 bridgehead atoms. The number of benzene rings is 1. The van der Waals surface area contributed by atoms with E-state index in [-0.39, 0.29) is 0 Å². The molecule has 96 valence electrons. The monoisotopic (exact) mass is 371 g/mol. The van der Waals surface area contributed by atoms with E-state index in [1.807, 2.05) is 0 Å². The molecule has 0 saturated heterocycles. The lowest BCUT2D eigenvalue weighted by Crippen LogP contribution is -2.30. The van der Waals surface area contributed by atoms with E-state index in [0.29, 0.717) is 12.1 Å². The van der Waals surface area contributed by atoms with Gasteiger partial charge in [0.1, 0.15) is 0 Å². The van der Waals surface area contributed by atoms with Gasteiger partial charge in [-0.2, -0.15) is 11.3 Å². The van der Waals surface area contributed by atoms with Crippen molar-refractivity contribution in [3.63, 3.8) is 0 Å². The molecule has 0 aliphatic carbocycles. The molecule has 2 rings (SSSR count). The minimum Gasteiger partial charge on any atom is -0.307 e. The first-order valence-corrected chi connectivity index (χ1v) is 8.20. The van der Waals surface area contributed by atoms with Crippen LogP contribution in [0, 0.1) is 3.57 Å². The summed E-state index contributed by atoms with van der Waals surface area (Å²) in [6, 6.07) is 11.8. The zero-order chi connectivity index (χ0) is 13.0. The lowest BCUT2D eigenvalue weighted by molar-refractivity contribution is 0.477. The third kappa shape index (κ3) is 4.07. The highest BCUT2D eigenvalue weighted by Crippen LogP contribution is 2.16. The van der Waals surface area contributed by atoms with Crippen molar-refractivity contribution in [1.29, 1.82) is 0 Å². The Morgan fingerprint density at radius 1 is 1.17 bits per heavy atom. The van der Waals surface area contributed by atoms with Gasteiger partial charge in [-0.15, -0.1) is 0 Å². The number of rotatable bonds is 5. The van der Waals surface area contributed by atoms with E-state index in [0.717, 1.165) is 6.42 Å². The Kier molecular flexibility index (Phi) is 5.21. The second-order valence-electron chi connectivity index (χ2n) is 4.68. The van der Waals surface area contributed by atoms with Gasteiger partial charge < -0.3 is 5.32 Å². The van der Waals surface area contributed by atoms with Gasteiger partial charge >= 0.3 is 0 Å². The standard InChI is InChI=1S/C15H18INS/c1-11(9-13-7-8-18-10-13)17-12(2)14-3-5-15(16)6-4-14/h3-8,10-12,17H,9H2,1-2H3. The highest BCUT2D eigenvalue weighted by atomic mass is 127. The Balaban J connectivity index is 1.90. The summed E-state index contributed by atoms with van der Waals surface area (Å²) in [6.07, 6.45) is 1.10. The minimum atomic E-state index is 0.399. The molecular formula is C15H18INS. The van der Waals surface area contributed by atoms with Crippen molar-refractivity contribution in [3.8, 4) is 0 Å². The number of hydrogen-bond acceptors (Lipinski definition) is 2. The molecule has 0 aliphatic heterocycles. The predicted molar refractivity (Wildman–Crippen MR) is 88.2 cm³/mol. The fraction of sp³-hybridized carbons (Fsp3) is 0.333. The molecule has 3 heteroatoms. The van der Waals surface area contributed by atoms with Crippen LogP contribution in [-0.4, -0.2) is 6.04 Å². The van der Waals surface area contributed by atoms with Gasteiger partial charge in [0.15, 0.2) is 0 Å². The van der Waals surface area contributed by atoms with Crippen LogP contribution < -0.4 is 5.32 Å². The Bertz CT molecular complexity index is 464. The van der Waals surface area contributed by atoms with E-state index in [4.69, 9.17) is 0 Å². The van der Waals surface area contributed by atoms with E-state index >= 15 is 0 Å². The van der Waals surface area contributed by atoms with Crippen LogP contribution >= 0.6 is 33.9 Å². The molecule has 2 unspecified atom stereocenters. The first kappa shape index (κ1) is 14.0. The highest BCUT2D eigenvalue weighted by molar-refractivity contribution is 14.1. The van der Waals surface area contributed by atoms with Crippen LogP contribution in [0.2, 0.25) is 0 Å². The minimum absolute atomic E-state index is 0.399. The largest absolute Gasteiger partial charge is 0.307 e. The summed E-state index contributed by atoms with van der Waals surface area (Å²) in [5.41, 5.74) is 2.78. The molecule has 1 N–H and O–H groups in total. The summed E-state index contributed by atoms with van der Waals surface area (Å²) < 4.78 is 1.29. The average molecular weight is 371 g/mol. The van der Waals surface area contributed by atoms with Crippen molar-refractivity contribution < 1.29 is 0 Å². The molecule has 0 spiro atoms. The van der Waals surface area contributed by atoms with Crippen molar-refractivity contribution in [2.45, 2.75) is 32.4 Å². The van der Waals surface area contributed by atoms with Crippen LogP contribution in [0.25, 0.3) is 0 Å². The average Bonchev–Trinajstić information content (AvgIpc) is 2.82. The van der Waals surface area contributed by atoms with Gasteiger partial charge in [0.05, 0.1) is 0 Å². The molecule has 18 heavy (non-hydrogen) atoms. The zero-order valence-corrected chi connectivity index (χ0v) is 13.7. The molecule has 0 saturated carbocycles. The fourth-order valence-electron chi connectivity index (χ4n) is 2.10. The van der Waals surface area contributed by atoms with Crippen LogP contribution in [0.5, 0.6) is 0 Å². The van der Waals surface area contributed by atoms with E-state index in [9.17, 15) is 0 Å². The molecule has 0 fully saturated rings. The number of hydrogen-bond donors (Lipinski definition) is 1. The van der Waals surface area contributed by atoms with Crippen LogP contribution in [0.1, 0.15) is 31.0 Å². The van der Waals surface area contributed by atoms with Crippen LogP contribution in [0.4, 0.5) is 0 Å². The second kappa shape index (κ2) is 6.68. The van der Waals surface area contributed by atoms with E-state index < -0.39 is 0 Å². The maximum atomic E-state index is 3.66. The Morgan fingerprint density at radius 3 is 2.50 bits per heavy atom. The first-order valence-electron chi connectivity index (χ1n) is 6.17. The number of halogens is 1. The quantitative estimate of drug-likeness (QED) is 0.756. The number of nitrogens with one attached hydrogen (secondary N) is 1. The molecule has 0 amide bonds. The summed E-state index contributed by atoms with van der Waals surface area (Å²) in [5, 5.41) is 8.03. The van der Waals surface area contributed by atoms with Crippen molar-refractivity contribution in [2.24, 2.45) is 0 Å². The maximum Gasteiger partial charge on any atom is 0.0294 e. The van der Waals surface area contributed by atoms with Gasteiger partial charge in [-0.25, -0.2) is 0 Å². The molecule has 1 aromatic carbocycles. The highest BCUT2D eigenvalue weighted by Gasteiger charge is 2.10. The Labute approximate surface area is 127 Å². The Morgan fingerprint density at radius 2 is 1.89 bits per heavy atom. The van der Waals surface area contributed by atoms with E-state index in [1.165, 1.54) is 14.7 Å². The van der Waals surface area contributed by atoms with Gasteiger partial charge in [-0.05, 0) is 82.9 Å². The van der Waals surface area contributed by atoms with Crippen LogP contribution in [0.3, 0.4) is 0 Å². The van der Waals surface area contributed by atoms with Crippen LogP contribution in [0.15, 0.2) is 41.1 Å². The zero-order valence-electron chi connectivity index (χ0n) is 10.7. The van der Waals surface area contributed by atoms with Crippen molar-refractivity contribution in [2.75, 3.05) is 0 Å². The second-order valence-corrected chi connectivity index (χ2v) is 6.70. The van der Waals surface area contributed by atoms with Gasteiger partial charge in [-0.3, -0.25) is 0 Å². The number of thiophene rings is 1. The summed E-state index contributed by atoms with van der Waals surface area (Å²) in [5.74, 6) is 0. The summed E-state index contributed by atoms with van der Waals surface area (Å²) >= 11 is 4.11. The summed E-state index contributed by atoms with van der Waals surface area (Å²) in [4.78, 5) is 0. The first-order chi connectivity index (χ1) is 8.65. The fourth-order valence-corrected chi connectivity index (χ4v) is 3.14. The molecule has 1 aromatic heterocycles. The molecular weight excluding hydrogens is 353 g/mol. The molecule has 1 heterocycles. The van der Waals surface area contributed by atoms with Crippen molar-refractivity contribution in [3.05, 3.63) is 55.8 Å². The summed E-state index contributed by atoms with van der Waals surface area (Å²) in [7, 11) is 0. The van der Waals surface area contributed by atoms with Gasteiger partial charge in [0.2, 0.25) is 0 Å². The van der Waals surface area contributed by atoms with Crippen molar-refractivity contribution >= 4 is 33.9 Å². The topological polar surface area (TPSA) is 12.0 Å². The van der Waals surface area contributed by atoms with E-state index in [1.54, 1.807) is 11.3 Å². The van der Waals surface area contributed by atoms with E-state index in [2.05, 4.69) is 82.8 Å². The lowest BCUT2D eigenvalue weighted by atomic mass is 10.1. The lowest BCUT2D eigenvalue weighted by Gasteiger charge is -2.20. The molecule has 1 nitrogen and oxygen atoms in total. The maximum absolute atomic E-state index is 3.66. The molecule has 2 atom stereocenters. The van der Waals surface area contributed by atoms with Gasteiger partial charge in [-0.1, -0.05) is 12.1 Å². The predicted octanol–water partition coefficient (Wildman–Crippen LogP) is 4.63. The molecule has 2 aromatic rings. The smallest absolute Gasteiger partial charge is 0.0294 e. The Hall–Kier alpha value is -0.390. The van der Waals surface area contributed by atoms with Gasteiger partial charge in [0, 0.05) is 15.7 Å². The molecule has 0 aliphatic rings. The van der Waals surface area contributed by atoms with Crippen molar-refractivity contribution in [1.82, 2.24) is 5.32 Å². The third-order valence-electron chi connectivity index (χ3n) is 3.03. The van der Waals surface area contributed by atoms with Gasteiger partial charge in [0.25, 0.3) is 0 Å². The summed E-state index contributed by atoms with van der Waals surface area (Å²) in [6.45, 7) is 4.48. The SMILES string of the molecule is CC(Cc1ccsc1)NC(C)c1ccc(I)cc1. The third-order valence-corrected chi connectivity index (χ3v) is 4.48.